The summed E-state index contributed by atoms with van der Waals surface area (Å²) in [6, 6.07) is 14.1. The standard InChI is InChI=1S/C17H17ClN2O/c1-11(12-2-5-14(18)6-3-12)19-15-7-8-16-13(10-15)4-9-17(21)20-16/h2-3,5-8,10-11,19H,4,9H2,1H3,(H,20,21). The van der Waals surface area contributed by atoms with Gasteiger partial charge < -0.3 is 10.6 Å². The molecule has 1 atom stereocenters. The monoisotopic (exact) mass is 300 g/mol. The van der Waals surface area contributed by atoms with Crippen molar-refractivity contribution < 1.29 is 4.79 Å². The van der Waals surface area contributed by atoms with E-state index in [0.717, 1.165) is 22.8 Å². The SMILES string of the molecule is CC(Nc1ccc2c(c1)CCC(=O)N2)c1ccc(Cl)cc1. The molecular formula is C17H17ClN2O. The van der Waals surface area contributed by atoms with Gasteiger partial charge in [0.1, 0.15) is 0 Å². The van der Waals surface area contributed by atoms with Gasteiger partial charge in [0, 0.05) is 28.9 Å². The van der Waals surface area contributed by atoms with Crippen LogP contribution in [-0.2, 0) is 11.2 Å². The second kappa shape index (κ2) is 5.78. The molecule has 3 rings (SSSR count). The van der Waals surface area contributed by atoms with Crippen molar-refractivity contribution in [1.82, 2.24) is 0 Å². The van der Waals surface area contributed by atoms with Crippen LogP contribution in [0.15, 0.2) is 42.5 Å². The van der Waals surface area contributed by atoms with Crippen LogP contribution in [0.3, 0.4) is 0 Å². The van der Waals surface area contributed by atoms with Gasteiger partial charge in [0.05, 0.1) is 0 Å². The number of carbonyl (C=O) groups is 1. The Morgan fingerprint density at radius 1 is 1.14 bits per heavy atom. The number of amides is 1. The Kier molecular flexibility index (Phi) is 3.84. The Balaban J connectivity index is 1.76. The average Bonchev–Trinajstić information content (AvgIpc) is 2.48. The Labute approximate surface area is 129 Å². The van der Waals surface area contributed by atoms with Gasteiger partial charge >= 0.3 is 0 Å². The zero-order valence-electron chi connectivity index (χ0n) is 11.8. The van der Waals surface area contributed by atoms with E-state index in [2.05, 4.69) is 23.6 Å². The minimum Gasteiger partial charge on any atom is -0.379 e. The second-order valence-electron chi connectivity index (χ2n) is 5.34. The van der Waals surface area contributed by atoms with Crippen LogP contribution in [0.2, 0.25) is 5.02 Å². The lowest BCUT2D eigenvalue weighted by Crippen LogP contribution is -2.19. The van der Waals surface area contributed by atoms with Gasteiger partial charge in [-0.05, 0) is 54.8 Å². The van der Waals surface area contributed by atoms with E-state index in [4.69, 9.17) is 11.6 Å². The van der Waals surface area contributed by atoms with Gasteiger partial charge in [0.15, 0.2) is 0 Å². The minimum absolute atomic E-state index is 0.0951. The quantitative estimate of drug-likeness (QED) is 0.882. The van der Waals surface area contributed by atoms with Crippen LogP contribution in [0.5, 0.6) is 0 Å². The highest BCUT2D eigenvalue weighted by atomic mass is 35.5. The fourth-order valence-electron chi connectivity index (χ4n) is 2.56. The molecule has 1 unspecified atom stereocenters. The highest BCUT2D eigenvalue weighted by Crippen LogP contribution is 2.28. The normalized spacial score (nSPS) is 15.0. The lowest BCUT2D eigenvalue weighted by Gasteiger charge is -2.20. The number of benzene rings is 2. The Bertz CT molecular complexity index is 667. The number of halogens is 1. The fraction of sp³-hybridized carbons (Fsp3) is 0.235. The molecule has 21 heavy (non-hydrogen) atoms. The second-order valence-corrected chi connectivity index (χ2v) is 5.77. The van der Waals surface area contributed by atoms with Gasteiger partial charge in [-0.2, -0.15) is 0 Å². The molecule has 2 N–H and O–H groups in total. The molecule has 0 aliphatic carbocycles. The van der Waals surface area contributed by atoms with E-state index in [1.54, 1.807) is 0 Å². The number of nitrogens with one attached hydrogen (secondary N) is 2. The molecule has 1 heterocycles. The third-order valence-electron chi connectivity index (χ3n) is 3.75. The number of fused-ring (bicyclic) bond motifs is 1. The number of rotatable bonds is 3. The maximum absolute atomic E-state index is 11.4. The fourth-order valence-corrected chi connectivity index (χ4v) is 2.68. The first-order valence-corrected chi connectivity index (χ1v) is 7.44. The molecule has 4 heteroatoms. The van der Waals surface area contributed by atoms with Crippen LogP contribution in [-0.4, -0.2) is 5.91 Å². The molecule has 1 aliphatic rings. The van der Waals surface area contributed by atoms with Crippen molar-refractivity contribution in [3.05, 3.63) is 58.6 Å². The first-order chi connectivity index (χ1) is 10.1. The van der Waals surface area contributed by atoms with E-state index < -0.39 is 0 Å². The number of hydrogen-bond donors (Lipinski definition) is 2. The van der Waals surface area contributed by atoms with E-state index >= 15 is 0 Å². The first-order valence-electron chi connectivity index (χ1n) is 7.06. The Morgan fingerprint density at radius 2 is 1.90 bits per heavy atom. The minimum atomic E-state index is 0.0951. The Hall–Kier alpha value is -2.00. The van der Waals surface area contributed by atoms with E-state index in [1.807, 2.05) is 36.4 Å². The van der Waals surface area contributed by atoms with Crippen LogP contribution in [0.4, 0.5) is 11.4 Å². The predicted molar refractivity (Wildman–Crippen MR) is 86.9 cm³/mol. The predicted octanol–water partition coefficient (Wildman–Crippen LogP) is 4.40. The van der Waals surface area contributed by atoms with Crippen LogP contribution in [0.25, 0.3) is 0 Å². The summed E-state index contributed by atoms with van der Waals surface area (Å²) in [4.78, 5) is 11.4. The van der Waals surface area contributed by atoms with Crippen LogP contribution >= 0.6 is 11.6 Å². The lowest BCUT2D eigenvalue weighted by atomic mass is 10.0. The van der Waals surface area contributed by atoms with Gasteiger partial charge in [0.2, 0.25) is 5.91 Å². The van der Waals surface area contributed by atoms with Crippen molar-refractivity contribution in [2.75, 3.05) is 10.6 Å². The Morgan fingerprint density at radius 3 is 2.67 bits per heavy atom. The van der Waals surface area contributed by atoms with E-state index in [1.165, 1.54) is 11.1 Å². The van der Waals surface area contributed by atoms with Gasteiger partial charge in [0.25, 0.3) is 0 Å². The summed E-state index contributed by atoms with van der Waals surface area (Å²) in [5, 5.41) is 7.13. The molecule has 0 spiro atoms. The summed E-state index contributed by atoms with van der Waals surface area (Å²) >= 11 is 5.91. The molecule has 0 saturated carbocycles. The van der Waals surface area contributed by atoms with Crippen molar-refractivity contribution in [3.8, 4) is 0 Å². The maximum atomic E-state index is 11.4. The summed E-state index contributed by atoms with van der Waals surface area (Å²) in [5.41, 5.74) is 4.36. The molecular weight excluding hydrogens is 284 g/mol. The third-order valence-corrected chi connectivity index (χ3v) is 4.01. The van der Waals surface area contributed by atoms with Crippen LogP contribution < -0.4 is 10.6 Å². The van der Waals surface area contributed by atoms with Gasteiger partial charge in [-0.15, -0.1) is 0 Å². The molecule has 3 nitrogen and oxygen atoms in total. The zero-order valence-corrected chi connectivity index (χ0v) is 12.6. The molecule has 1 amide bonds. The molecule has 2 aromatic rings. The third kappa shape index (κ3) is 3.19. The molecule has 0 saturated heterocycles. The van der Waals surface area contributed by atoms with Gasteiger partial charge in [-0.3, -0.25) is 4.79 Å². The number of carbonyl (C=O) groups excluding carboxylic acids is 1. The summed E-state index contributed by atoms with van der Waals surface area (Å²) in [6.45, 7) is 2.12. The van der Waals surface area contributed by atoms with Crippen molar-refractivity contribution in [2.24, 2.45) is 0 Å². The topological polar surface area (TPSA) is 41.1 Å². The van der Waals surface area contributed by atoms with Crippen LogP contribution in [0.1, 0.15) is 30.5 Å². The average molecular weight is 301 g/mol. The van der Waals surface area contributed by atoms with Crippen molar-refractivity contribution in [3.63, 3.8) is 0 Å². The lowest BCUT2D eigenvalue weighted by molar-refractivity contribution is -0.116. The highest BCUT2D eigenvalue weighted by Gasteiger charge is 2.15. The molecule has 0 aromatic heterocycles. The maximum Gasteiger partial charge on any atom is 0.224 e. The largest absolute Gasteiger partial charge is 0.379 e. The number of anilines is 2. The molecule has 2 aromatic carbocycles. The number of aryl methyl sites for hydroxylation is 1. The molecule has 1 aliphatic heterocycles. The molecule has 0 radical (unpaired) electrons. The summed E-state index contributed by atoms with van der Waals surface area (Å²) < 4.78 is 0. The van der Waals surface area contributed by atoms with E-state index in [-0.39, 0.29) is 11.9 Å². The molecule has 0 bridgehead atoms. The highest BCUT2D eigenvalue weighted by molar-refractivity contribution is 6.30. The molecule has 108 valence electrons. The first kappa shape index (κ1) is 14.0. The van der Waals surface area contributed by atoms with E-state index in [9.17, 15) is 4.79 Å². The van der Waals surface area contributed by atoms with Gasteiger partial charge in [-0.1, -0.05) is 23.7 Å². The summed E-state index contributed by atoms with van der Waals surface area (Å²) in [7, 11) is 0. The summed E-state index contributed by atoms with van der Waals surface area (Å²) in [6.07, 6.45) is 1.36. The molecule has 0 fully saturated rings. The number of hydrogen-bond acceptors (Lipinski definition) is 2. The van der Waals surface area contributed by atoms with Gasteiger partial charge in [-0.25, -0.2) is 0 Å². The van der Waals surface area contributed by atoms with E-state index in [0.29, 0.717) is 6.42 Å². The van der Waals surface area contributed by atoms with Crippen molar-refractivity contribution in [2.45, 2.75) is 25.8 Å². The van der Waals surface area contributed by atoms with Crippen molar-refractivity contribution >= 4 is 28.9 Å². The summed E-state index contributed by atoms with van der Waals surface area (Å²) in [5.74, 6) is 0.0951. The van der Waals surface area contributed by atoms with Crippen molar-refractivity contribution in [1.29, 1.82) is 0 Å². The zero-order chi connectivity index (χ0) is 14.8. The van der Waals surface area contributed by atoms with Crippen LogP contribution in [0, 0.1) is 0 Å². The smallest absolute Gasteiger partial charge is 0.224 e.